The standard InChI is InChI=1S/C19H25ClN4O4S/c1-29(26,27)24-9-6-14(12-24)18(25)21-11-13-4-7-23(8-5-13)19-22-16-10-15(20)2-3-17(16)28-19/h2-3,10,13-14H,4-9,11-12H2,1H3,(H,21,25). The minimum Gasteiger partial charge on any atom is -0.423 e. The molecule has 8 nitrogen and oxygen atoms in total. The zero-order chi connectivity index (χ0) is 20.6. The Morgan fingerprint density at radius 2 is 2.03 bits per heavy atom. The Morgan fingerprint density at radius 1 is 1.28 bits per heavy atom. The predicted octanol–water partition coefficient (Wildman–Crippen LogP) is 2.10. The number of rotatable bonds is 5. The minimum absolute atomic E-state index is 0.0468. The number of nitrogens with zero attached hydrogens (tertiary/aromatic N) is 3. The molecule has 1 atom stereocenters. The summed E-state index contributed by atoms with van der Waals surface area (Å²) in [5, 5.41) is 3.65. The van der Waals surface area contributed by atoms with Crippen LogP contribution in [0, 0.1) is 11.8 Å². The van der Waals surface area contributed by atoms with Crippen molar-refractivity contribution in [3.05, 3.63) is 23.2 Å². The van der Waals surface area contributed by atoms with Gasteiger partial charge in [-0.3, -0.25) is 4.79 Å². The van der Waals surface area contributed by atoms with E-state index in [4.69, 9.17) is 16.0 Å². The summed E-state index contributed by atoms with van der Waals surface area (Å²) in [5.41, 5.74) is 1.47. The van der Waals surface area contributed by atoms with Crippen molar-refractivity contribution in [2.45, 2.75) is 19.3 Å². The lowest BCUT2D eigenvalue weighted by molar-refractivity contribution is -0.124. The van der Waals surface area contributed by atoms with Crippen LogP contribution in [0.25, 0.3) is 11.1 Å². The first kappa shape index (κ1) is 20.4. The third-order valence-corrected chi connectivity index (χ3v) is 7.28. The van der Waals surface area contributed by atoms with Crippen molar-refractivity contribution in [1.82, 2.24) is 14.6 Å². The van der Waals surface area contributed by atoms with E-state index in [1.165, 1.54) is 10.6 Å². The summed E-state index contributed by atoms with van der Waals surface area (Å²) in [6, 6.07) is 6.01. The molecule has 2 fully saturated rings. The number of carbonyl (C=O) groups is 1. The number of amides is 1. The highest BCUT2D eigenvalue weighted by Gasteiger charge is 2.33. The summed E-state index contributed by atoms with van der Waals surface area (Å²) in [4.78, 5) is 19.0. The van der Waals surface area contributed by atoms with Crippen LogP contribution >= 0.6 is 11.6 Å². The summed E-state index contributed by atoms with van der Waals surface area (Å²) in [6.07, 6.45) is 3.63. The summed E-state index contributed by atoms with van der Waals surface area (Å²) in [6.45, 7) is 2.94. The van der Waals surface area contributed by atoms with Gasteiger partial charge in [0.25, 0.3) is 6.01 Å². The molecule has 4 rings (SSSR count). The number of nitrogens with one attached hydrogen (secondary N) is 1. The Kier molecular flexibility index (Phi) is 5.72. The van der Waals surface area contributed by atoms with Gasteiger partial charge in [-0.05, 0) is 43.4 Å². The highest BCUT2D eigenvalue weighted by atomic mass is 35.5. The second kappa shape index (κ2) is 8.12. The lowest BCUT2D eigenvalue weighted by Gasteiger charge is -2.31. The minimum atomic E-state index is -3.22. The predicted molar refractivity (Wildman–Crippen MR) is 111 cm³/mol. The molecule has 0 saturated carbocycles. The average Bonchev–Trinajstić information content (AvgIpc) is 3.33. The number of anilines is 1. The van der Waals surface area contributed by atoms with E-state index in [0.29, 0.717) is 36.5 Å². The summed E-state index contributed by atoms with van der Waals surface area (Å²) in [5.74, 6) is 0.0900. The first-order valence-corrected chi connectivity index (χ1v) is 12.1. The molecule has 1 amide bonds. The topological polar surface area (TPSA) is 95.8 Å². The van der Waals surface area contributed by atoms with E-state index in [1.807, 2.05) is 6.07 Å². The van der Waals surface area contributed by atoms with Crippen LogP contribution in [0.15, 0.2) is 22.6 Å². The van der Waals surface area contributed by atoms with Crippen LogP contribution < -0.4 is 10.2 Å². The van der Waals surface area contributed by atoms with Gasteiger partial charge < -0.3 is 14.6 Å². The smallest absolute Gasteiger partial charge is 0.298 e. The van der Waals surface area contributed by atoms with Crippen molar-refractivity contribution in [3.8, 4) is 0 Å². The first-order chi connectivity index (χ1) is 13.8. The molecule has 0 aliphatic carbocycles. The van der Waals surface area contributed by atoms with Crippen molar-refractivity contribution in [3.63, 3.8) is 0 Å². The monoisotopic (exact) mass is 440 g/mol. The fraction of sp³-hybridized carbons (Fsp3) is 0.579. The molecular weight excluding hydrogens is 416 g/mol. The molecule has 3 heterocycles. The van der Waals surface area contributed by atoms with Crippen molar-refractivity contribution < 1.29 is 17.6 Å². The van der Waals surface area contributed by atoms with Gasteiger partial charge in [-0.25, -0.2) is 12.7 Å². The molecule has 10 heteroatoms. The number of piperidine rings is 1. The van der Waals surface area contributed by atoms with Crippen molar-refractivity contribution >= 4 is 44.6 Å². The van der Waals surface area contributed by atoms with Crippen LogP contribution in [-0.2, 0) is 14.8 Å². The van der Waals surface area contributed by atoms with Crippen molar-refractivity contribution in [2.24, 2.45) is 11.8 Å². The van der Waals surface area contributed by atoms with Crippen LogP contribution in [-0.4, -0.2) is 62.6 Å². The highest BCUT2D eigenvalue weighted by molar-refractivity contribution is 7.88. The van der Waals surface area contributed by atoms with Crippen LogP contribution in [0.3, 0.4) is 0 Å². The Bertz CT molecular complexity index is 1000. The molecule has 0 bridgehead atoms. The maximum absolute atomic E-state index is 12.4. The van der Waals surface area contributed by atoms with E-state index in [-0.39, 0.29) is 18.4 Å². The third kappa shape index (κ3) is 4.67. The van der Waals surface area contributed by atoms with Gasteiger partial charge in [0.1, 0.15) is 5.52 Å². The second-order valence-corrected chi connectivity index (χ2v) is 10.3. The normalized spacial score (nSPS) is 21.7. The van der Waals surface area contributed by atoms with Gasteiger partial charge in [-0.2, -0.15) is 4.98 Å². The highest BCUT2D eigenvalue weighted by Crippen LogP contribution is 2.28. The van der Waals surface area contributed by atoms with Gasteiger partial charge in [-0.15, -0.1) is 0 Å². The van der Waals surface area contributed by atoms with Gasteiger partial charge in [0.15, 0.2) is 5.58 Å². The van der Waals surface area contributed by atoms with Gasteiger partial charge in [0.05, 0.1) is 12.2 Å². The number of fused-ring (bicyclic) bond motifs is 1. The molecule has 0 spiro atoms. The lowest BCUT2D eigenvalue weighted by atomic mass is 9.96. The lowest BCUT2D eigenvalue weighted by Crippen LogP contribution is -2.41. The molecule has 1 unspecified atom stereocenters. The molecule has 1 aromatic heterocycles. The molecule has 1 aromatic carbocycles. The quantitative estimate of drug-likeness (QED) is 0.764. The maximum Gasteiger partial charge on any atom is 0.298 e. The van der Waals surface area contributed by atoms with Crippen LogP contribution in [0.4, 0.5) is 6.01 Å². The van der Waals surface area contributed by atoms with Crippen molar-refractivity contribution in [2.75, 3.05) is 43.9 Å². The molecule has 2 aromatic rings. The Balaban J connectivity index is 1.25. The van der Waals surface area contributed by atoms with Crippen LogP contribution in [0.5, 0.6) is 0 Å². The second-order valence-electron chi connectivity index (χ2n) is 7.89. The van der Waals surface area contributed by atoms with Crippen LogP contribution in [0.1, 0.15) is 19.3 Å². The molecule has 158 valence electrons. The molecule has 2 aliphatic heterocycles. The molecule has 2 aliphatic rings. The molecule has 29 heavy (non-hydrogen) atoms. The molecule has 2 saturated heterocycles. The third-order valence-electron chi connectivity index (χ3n) is 5.78. The van der Waals surface area contributed by atoms with Crippen molar-refractivity contribution in [1.29, 1.82) is 0 Å². The summed E-state index contributed by atoms with van der Waals surface area (Å²) in [7, 11) is -3.22. The zero-order valence-corrected chi connectivity index (χ0v) is 17.9. The Morgan fingerprint density at radius 3 is 2.72 bits per heavy atom. The maximum atomic E-state index is 12.4. The van der Waals surface area contributed by atoms with Gasteiger partial charge in [-0.1, -0.05) is 11.6 Å². The number of halogens is 1. The largest absolute Gasteiger partial charge is 0.423 e. The van der Waals surface area contributed by atoms with Gasteiger partial charge in [0, 0.05) is 37.7 Å². The van der Waals surface area contributed by atoms with E-state index in [1.54, 1.807) is 12.1 Å². The van der Waals surface area contributed by atoms with E-state index in [0.717, 1.165) is 37.0 Å². The number of aromatic nitrogens is 1. The van der Waals surface area contributed by atoms with E-state index >= 15 is 0 Å². The molecule has 1 N–H and O–H groups in total. The van der Waals surface area contributed by atoms with Gasteiger partial charge >= 0.3 is 0 Å². The number of oxazole rings is 1. The van der Waals surface area contributed by atoms with E-state index < -0.39 is 10.0 Å². The average molecular weight is 441 g/mol. The zero-order valence-electron chi connectivity index (χ0n) is 16.3. The summed E-state index contributed by atoms with van der Waals surface area (Å²) >= 11 is 6.01. The number of carbonyl (C=O) groups excluding carboxylic acids is 1. The van der Waals surface area contributed by atoms with Gasteiger partial charge in [0.2, 0.25) is 15.9 Å². The fourth-order valence-electron chi connectivity index (χ4n) is 3.98. The fourth-order valence-corrected chi connectivity index (χ4v) is 5.04. The Hall–Kier alpha value is -1.84. The molecular formula is C19H25ClN4O4S. The number of benzene rings is 1. The Labute approximate surface area is 175 Å². The number of hydrogen-bond acceptors (Lipinski definition) is 6. The van der Waals surface area contributed by atoms with E-state index in [9.17, 15) is 13.2 Å². The molecule has 0 radical (unpaired) electrons. The van der Waals surface area contributed by atoms with Crippen LogP contribution in [0.2, 0.25) is 5.02 Å². The summed E-state index contributed by atoms with van der Waals surface area (Å²) < 4.78 is 30.4. The SMILES string of the molecule is CS(=O)(=O)N1CCC(C(=O)NCC2CCN(c3nc4cc(Cl)ccc4o3)CC2)C1. The first-order valence-electron chi connectivity index (χ1n) is 9.83. The number of sulfonamides is 1. The van der Waals surface area contributed by atoms with E-state index in [2.05, 4.69) is 15.2 Å². The number of hydrogen-bond donors (Lipinski definition) is 1.